The Bertz CT molecular complexity index is 1190. The van der Waals surface area contributed by atoms with Crippen LogP contribution in [0.2, 0.25) is 0 Å². The number of hydrogen-bond donors (Lipinski definition) is 1. The summed E-state index contributed by atoms with van der Waals surface area (Å²) in [5.74, 6) is 4.63. The van der Waals surface area contributed by atoms with Crippen LogP contribution in [0.1, 0.15) is 44.3 Å². The smallest absolute Gasteiger partial charge is 0.162 e. The van der Waals surface area contributed by atoms with Crippen LogP contribution in [0.25, 0.3) is 10.9 Å². The van der Waals surface area contributed by atoms with E-state index in [2.05, 4.69) is 22.8 Å². The van der Waals surface area contributed by atoms with Crippen molar-refractivity contribution in [3.8, 4) is 17.2 Å². The molecule has 1 aromatic heterocycles. The van der Waals surface area contributed by atoms with Crippen LogP contribution in [0.5, 0.6) is 17.2 Å². The van der Waals surface area contributed by atoms with E-state index < -0.39 is 0 Å². The van der Waals surface area contributed by atoms with Gasteiger partial charge in [-0.25, -0.2) is 9.97 Å². The van der Waals surface area contributed by atoms with Gasteiger partial charge in [-0.15, -0.1) is 0 Å². The fraction of sp³-hybridized carbons (Fsp3) is 0.481. The van der Waals surface area contributed by atoms with Crippen LogP contribution in [0.4, 0.5) is 17.2 Å². The number of methoxy groups -OCH3 is 2. The highest BCUT2D eigenvalue weighted by atomic mass is 16.5. The number of nitrogen functional groups attached to an aromatic ring is 1. The van der Waals surface area contributed by atoms with Gasteiger partial charge in [0, 0.05) is 55.3 Å². The van der Waals surface area contributed by atoms with Crippen LogP contribution in [0.15, 0.2) is 30.3 Å². The number of nitrogens with two attached hydrogens (primary N) is 1. The highest BCUT2D eigenvalue weighted by Gasteiger charge is 2.30. The zero-order valence-electron chi connectivity index (χ0n) is 20.9. The Morgan fingerprint density at radius 3 is 2.31 bits per heavy atom. The van der Waals surface area contributed by atoms with Crippen molar-refractivity contribution in [3.05, 3.63) is 36.2 Å². The minimum Gasteiger partial charge on any atom is -0.493 e. The molecule has 5 rings (SSSR count). The first-order valence-electron chi connectivity index (χ1n) is 12.6. The second kappa shape index (κ2) is 10.1. The Morgan fingerprint density at radius 1 is 0.914 bits per heavy atom. The molecule has 1 saturated heterocycles. The summed E-state index contributed by atoms with van der Waals surface area (Å²) in [7, 11) is 3.32. The normalized spacial score (nSPS) is 16.0. The lowest BCUT2D eigenvalue weighted by Crippen LogP contribution is -2.47. The number of nitrogens with zero attached hydrogens (tertiary/aromatic N) is 4. The average molecular weight is 478 g/mol. The van der Waals surface area contributed by atoms with E-state index in [1.807, 2.05) is 24.3 Å². The molecule has 3 aromatic rings. The van der Waals surface area contributed by atoms with E-state index in [1.54, 1.807) is 14.2 Å². The van der Waals surface area contributed by atoms with Gasteiger partial charge in [0.15, 0.2) is 11.5 Å². The molecule has 1 aliphatic heterocycles. The van der Waals surface area contributed by atoms with Crippen molar-refractivity contribution in [3.63, 3.8) is 0 Å². The second-order valence-corrected chi connectivity index (χ2v) is 9.31. The summed E-state index contributed by atoms with van der Waals surface area (Å²) in [5.41, 5.74) is 8.79. The molecule has 35 heavy (non-hydrogen) atoms. The lowest BCUT2D eigenvalue weighted by Gasteiger charge is -2.37. The Kier molecular flexibility index (Phi) is 6.70. The van der Waals surface area contributed by atoms with Gasteiger partial charge in [-0.3, -0.25) is 0 Å². The minimum absolute atomic E-state index is 0.463. The van der Waals surface area contributed by atoms with E-state index in [4.69, 9.17) is 29.9 Å². The van der Waals surface area contributed by atoms with E-state index >= 15 is 0 Å². The molecule has 2 aromatic carbocycles. The molecule has 0 radical (unpaired) electrons. The summed E-state index contributed by atoms with van der Waals surface area (Å²) >= 11 is 0. The van der Waals surface area contributed by atoms with E-state index in [0.29, 0.717) is 24.0 Å². The predicted octanol–water partition coefficient (Wildman–Crippen LogP) is 4.61. The topological polar surface area (TPSA) is 86.0 Å². The number of hydrogen-bond acceptors (Lipinski definition) is 8. The molecule has 2 heterocycles. The standard InChI is InChI=1S/C27H35N5O3/c1-4-5-14-35-23-15-19(28)8-9-22(23)31-10-12-32(13-11-31)27-20-16-24(33-2)25(34-3)17-21(20)29-26(30-27)18-6-7-18/h8-9,15-18H,4-7,10-14,28H2,1-3H3. The second-order valence-electron chi connectivity index (χ2n) is 9.31. The van der Waals surface area contributed by atoms with E-state index in [1.165, 1.54) is 0 Å². The molecule has 1 aliphatic carbocycles. The van der Waals surface area contributed by atoms with Crippen molar-refractivity contribution < 1.29 is 14.2 Å². The molecule has 8 heteroatoms. The maximum atomic E-state index is 6.10. The number of fused-ring (bicyclic) bond motifs is 1. The Labute approximate surface area is 207 Å². The van der Waals surface area contributed by atoms with Crippen LogP contribution < -0.4 is 29.7 Å². The fourth-order valence-electron chi connectivity index (χ4n) is 4.62. The fourth-order valence-corrected chi connectivity index (χ4v) is 4.62. The van der Waals surface area contributed by atoms with Gasteiger partial charge in [-0.1, -0.05) is 13.3 Å². The number of aromatic nitrogens is 2. The molecule has 0 bridgehead atoms. The van der Waals surface area contributed by atoms with Gasteiger partial charge < -0.3 is 29.7 Å². The summed E-state index contributed by atoms with van der Waals surface area (Å²) in [5, 5.41) is 0.997. The van der Waals surface area contributed by atoms with Gasteiger partial charge in [0.05, 0.1) is 32.0 Å². The molecule has 2 N–H and O–H groups in total. The van der Waals surface area contributed by atoms with Crippen molar-refractivity contribution >= 4 is 28.1 Å². The van der Waals surface area contributed by atoms with Crippen LogP contribution in [0, 0.1) is 0 Å². The number of rotatable bonds is 9. The third kappa shape index (κ3) is 4.88. The van der Waals surface area contributed by atoms with Crippen molar-refractivity contribution in [2.75, 3.05) is 62.5 Å². The molecular weight excluding hydrogens is 442 g/mol. The number of unbranched alkanes of at least 4 members (excludes halogenated alkanes) is 1. The molecular formula is C27H35N5O3. The van der Waals surface area contributed by atoms with Gasteiger partial charge in [0.2, 0.25) is 0 Å². The first kappa shape index (κ1) is 23.3. The quantitative estimate of drug-likeness (QED) is 0.353. The summed E-state index contributed by atoms with van der Waals surface area (Å²) in [6.07, 6.45) is 4.44. The first-order valence-corrected chi connectivity index (χ1v) is 12.6. The lowest BCUT2D eigenvalue weighted by molar-refractivity contribution is 0.309. The molecule has 2 fully saturated rings. The molecule has 0 amide bonds. The maximum Gasteiger partial charge on any atom is 0.162 e. The zero-order valence-corrected chi connectivity index (χ0v) is 20.9. The maximum absolute atomic E-state index is 6.10. The minimum atomic E-state index is 0.463. The number of benzene rings is 2. The molecule has 8 nitrogen and oxygen atoms in total. The Hall–Kier alpha value is -3.42. The highest BCUT2D eigenvalue weighted by Crippen LogP contribution is 2.42. The van der Waals surface area contributed by atoms with Crippen LogP contribution in [-0.2, 0) is 0 Å². The Balaban J connectivity index is 1.41. The van der Waals surface area contributed by atoms with Gasteiger partial charge in [0.25, 0.3) is 0 Å². The largest absolute Gasteiger partial charge is 0.493 e. The predicted molar refractivity (Wildman–Crippen MR) is 140 cm³/mol. The molecule has 0 atom stereocenters. The highest BCUT2D eigenvalue weighted by molar-refractivity contribution is 5.92. The van der Waals surface area contributed by atoms with Crippen molar-refractivity contribution in [1.29, 1.82) is 0 Å². The van der Waals surface area contributed by atoms with E-state index in [-0.39, 0.29) is 0 Å². The molecule has 186 valence electrons. The Morgan fingerprint density at radius 2 is 1.63 bits per heavy atom. The molecule has 0 spiro atoms. The third-order valence-corrected chi connectivity index (χ3v) is 6.80. The summed E-state index contributed by atoms with van der Waals surface area (Å²) in [4.78, 5) is 14.7. The van der Waals surface area contributed by atoms with Crippen molar-refractivity contribution in [1.82, 2.24) is 9.97 Å². The van der Waals surface area contributed by atoms with Crippen LogP contribution >= 0.6 is 0 Å². The van der Waals surface area contributed by atoms with Gasteiger partial charge >= 0.3 is 0 Å². The molecule has 2 aliphatic rings. The zero-order chi connectivity index (χ0) is 24.4. The van der Waals surface area contributed by atoms with E-state index in [9.17, 15) is 0 Å². The number of piperazine rings is 1. The van der Waals surface area contributed by atoms with Gasteiger partial charge in [-0.05, 0) is 37.5 Å². The number of anilines is 3. The lowest BCUT2D eigenvalue weighted by atomic mass is 10.1. The van der Waals surface area contributed by atoms with Gasteiger partial charge in [-0.2, -0.15) is 0 Å². The van der Waals surface area contributed by atoms with E-state index in [0.717, 1.165) is 91.5 Å². The van der Waals surface area contributed by atoms with Crippen LogP contribution in [0.3, 0.4) is 0 Å². The SMILES string of the molecule is CCCCOc1cc(N)ccc1N1CCN(c2nc(C3CC3)nc3cc(OC)c(OC)cc23)CC1. The number of ether oxygens (including phenoxy) is 3. The summed E-state index contributed by atoms with van der Waals surface area (Å²) in [6.45, 7) is 6.30. The van der Waals surface area contributed by atoms with Crippen molar-refractivity contribution in [2.24, 2.45) is 0 Å². The monoisotopic (exact) mass is 477 g/mol. The third-order valence-electron chi connectivity index (χ3n) is 6.80. The van der Waals surface area contributed by atoms with Gasteiger partial charge in [0.1, 0.15) is 17.4 Å². The van der Waals surface area contributed by atoms with Crippen LogP contribution in [-0.4, -0.2) is 57.0 Å². The molecule has 1 saturated carbocycles. The van der Waals surface area contributed by atoms with Crippen molar-refractivity contribution in [2.45, 2.75) is 38.5 Å². The first-order chi connectivity index (χ1) is 17.1. The molecule has 0 unspecified atom stereocenters. The summed E-state index contributed by atoms with van der Waals surface area (Å²) < 4.78 is 17.2. The average Bonchev–Trinajstić information content (AvgIpc) is 3.73. The summed E-state index contributed by atoms with van der Waals surface area (Å²) in [6, 6.07) is 9.95.